The molecule has 18 nitrogen and oxygen atoms in total. The fraction of sp³-hybridized carbons (Fsp3) is 0.300. The number of likely N-dealkylation sites (tertiary alicyclic amines) is 1. The van der Waals surface area contributed by atoms with Gasteiger partial charge in [0.05, 0.1) is 33.2 Å². The van der Waals surface area contributed by atoms with E-state index in [1.54, 1.807) is 35.1 Å². The molecule has 0 bridgehead atoms. The van der Waals surface area contributed by atoms with E-state index in [2.05, 4.69) is 41.0 Å². The van der Waals surface area contributed by atoms with Crippen LogP contribution in [0.4, 0.5) is 26.6 Å². The van der Waals surface area contributed by atoms with Gasteiger partial charge in [0.25, 0.3) is 0 Å². The van der Waals surface area contributed by atoms with Crippen molar-refractivity contribution >= 4 is 55.9 Å². The molecule has 2 fully saturated rings. The van der Waals surface area contributed by atoms with Crippen LogP contribution in [-0.2, 0) is 28.2 Å². The number of rotatable bonds is 11. The maximum absolute atomic E-state index is 15.7. The molecule has 3 N–H and O–H groups in total. The van der Waals surface area contributed by atoms with Crippen molar-refractivity contribution in [1.29, 1.82) is 0 Å². The van der Waals surface area contributed by atoms with E-state index >= 15 is 4.39 Å². The minimum Gasteiger partial charge on any atom is -0.485 e. The summed E-state index contributed by atoms with van der Waals surface area (Å²) in [6.07, 6.45) is 5.81. The number of nitrogens with zero attached hydrogens (tertiary/aromatic N) is 10. The number of aromatic amines is 1. The second-order valence-electron chi connectivity index (χ2n) is 14.8. The van der Waals surface area contributed by atoms with Gasteiger partial charge in [0.15, 0.2) is 17.2 Å². The lowest BCUT2D eigenvalue weighted by Gasteiger charge is -2.31. The number of hydrogen-bond donors (Lipinski definition) is 3. The van der Waals surface area contributed by atoms with E-state index in [4.69, 9.17) is 12.5 Å². The second-order valence-corrected chi connectivity index (χ2v) is 16.7. The van der Waals surface area contributed by atoms with E-state index in [0.717, 1.165) is 11.8 Å². The number of ether oxygens (including phenoxy) is 1. The van der Waals surface area contributed by atoms with Crippen molar-refractivity contribution in [2.75, 3.05) is 29.9 Å². The predicted molar refractivity (Wildman–Crippen MR) is 217 cm³/mol. The molecule has 0 radical (unpaired) electrons. The Kier molecular flexibility index (Phi) is 9.33. The lowest BCUT2D eigenvalue weighted by atomic mass is 9.92. The number of H-pyrrole nitrogens is 1. The number of fused-ring (bicyclic) bond motifs is 2. The van der Waals surface area contributed by atoms with Crippen LogP contribution in [0.1, 0.15) is 53.0 Å². The number of hydrogen-bond acceptors (Lipinski definition) is 13. The van der Waals surface area contributed by atoms with Gasteiger partial charge in [0.2, 0.25) is 27.3 Å². The van der Waals surface area contributed by atoms with E-state index in [0.29, 0.717) is 65.4 Å². The second kappa shape index (κ2) is 15.4. The summed E-state index contributed by atoms with van der Waals surface area (Å²) in [6, 6.07) is 12.3. The monoisotopic (exact) mass is 835 g/mol. The van der Waals surface area contributed by atoms with Gasteiger partial charge >= 0.3 is 6.03 Å². The highest BCUT2D eigenvalue weighted by atomic mass is 32.2. The van der Waals surface area contributed by atoms with E-state index in [1.807, 2.05) is 26.0 Å². The number of amides is 3. The number of nitrogens with one attached hydrogen (secondary N) is 3. The molecule has 3 amide bonds. The normalized spacial score (nSPS) is 16.4. The van der Waals surface area contributed by atoms with Crippen molar-refractivity contribution in [3.8, 4) is 17.0 Å². The summed E-state index contributed by atoms with van der Waals surface area (Å²) in [5.41, 5.74) is 2.93. The van der Waals surface area contributed by atoms with Crippen LogP contribution in [0.5, 0.6) is 5.75 Å². The average molecular weight is 836 g/mol. The number of anilines is 3. The molecular formula is C40H40FN13O5S. The van der Waals surface area contributed by atoms with E-state index in [1.165, 1.54) is 46.1 Å². The lowest BCUT2D eigenvalue weighted by Crippen LogP contribution is -2.49. The highest BCUT2D eigenvalue weighted by molar-refractivity contribution is 7.91. The van der Waals surface area contributed by atoms with E-state index < -0.39 is 28.2 Å². The van der Waals surface area contributed by atoms with Gasteiger partial charge in [-0.05, 0) is 87.8 Å². The molecule has 20 heteroatoms. The number of benzene rings is 2. The number of sulfone groups is 1. The number of urea groups is 1. The number of piperidine rings is 1. The maximum Gasteiger partial charge on any atom is 0.329 e. The SMILES string of the molecule is [2H]C([2H])(c1cccc(S(=O)(=O)c2ccc(Nc3nc4c(OC(C)C)c(-c5cn[nH]c5)ncn4n3)c(F)c2)c1)N1CCC(c2ccc3c(N4CCC(=O)NC4=O)nn(C)c3n2)CC1. The Bertz CT molecular complexity index is 2990. The molecule has 60 heavy (non-hydrogen) atoms. The number of pyridine rings is 1. The van der Waals surface area contributed by atoms with Crippen LogP contribution in [0.25, 0.3) is 27.9 Å². The largest absolute Gasteiger partial charge is 0.485 e. The van der Waals surface area contributed by atoms with Crippen LogP contribution in [0, 0.1) is 5.82 Å². The van der Waals surface area contributed by atoms with Crippen LogP contribution in [0.2, 0.25) is 0 Å². The molecule has 0 unspecified atom stereocenters. The molecule has 308 valence electrons. The summed E-state index contributed by atoms with van der Waals surface area (Å²) < 4.78 is 70.7. The van der Waals surface area contributed by atoms with Gasteiger partial charge in [-0.2, -0.15) is 19.7 Å². The molecule has 7 aromatic rings. The van der Waals surface area contributed by atoms with Crippen molar-refractivity contribution in [3.63, 3.8) is 0 Å². The minimum absolute atomic E-state index is 0.0112. The quantitative estimate of drug-likeness (QED) is 0.155. The highest BCUT2D eigenvalue weighted by Gasteiger charge is 2.30. The molecule has 2 aromatic carbocycles. The summed E-state index contributed by atoms with van der Waals surface area (Å²) in [5.74, 6) is -0.414. The third-order valence-electron chi connectivity index (χ3n) is 10.3. The summed E-state index contributed by atoms with van der Waals surface area (Å²) in [6.45, 7) is 2.62. The standard InChI is InChI=1S/C40H40FN13O5S/c1-23(2)59-35-34(26-19-43-44-20-26)42-22-54-38(35)48-39(50-54)46-32-9-7-28(18-30(32)41)60(57,58)27-6-4-5-24(17-27)21-52-14-11-25(12-15-52)31-10-8-29-36(45-31)51(3)49-37(29)53-16-13-33(55)47-40(53)56/h4-10,17-20,22-23,25H,11-16,21H2,1-3H3,(H,43,44)(H,46,50)(H,47,55,56)/i21D2. The Balaban J connectivity index is 0.889. The van der Waals surface area contributed by atoms with Crippen molar-refractivity contribution in [2.24, 2.45) is 7.05 Å². The smallest absolute Gasteiger partial charge is 0.329 e. The third-order valence-corrected chi connectivity index (χ3v) is 12.1. The fourth-order valence-electron chi connectivity index (χ4n) is 7.36. The Morgan fingerprint density at radius 2 is 1.83 bits per heavy atom. The lowest BCUT2D eigenvalue weighted by molar-refractivity contribution is -0.120. The molecule has 7 heterocycles. The number of halogens is 1. The number of carbonyl (C=O) groups is 2. The van der Waals surface area contributed by atoms with Gasteiger partial charge in [0, 0.05) is 52.6 Å². The Labute approximate surface area is 345 Å². The van der Waals surface area contributed by atoms with Crippen molar-refractivity contribution in [1.82, 2.24) is 54.8 Å². The van der Waals surface area contributed by atoms with Gasteiger partial charge in [-0.25, -0.2) is 32.3 Å². The highest BCUT2D eigenvalue weighted by Crippen LogP contribution is 2.35. The first-order valence-corrected chi connectivity index (χ1v) is 20.7. The topological polar surface area (TPSA) is 211 Å². The maximum atomic E-state index is 15.7. The number of aryl methyl sites for hydroxylation is 1. The van der Waals surface area contributed by atoms with Crippen LogP contribution in [0.15, 0.2) is 83.1 Å². The van der Waals surface area contributed by atoms with Crippen LogP contribution >= 0.6 is 0 Å². The first-order valence-electron chi connectivity index (χ1n) is 20.2. The Morgan fingerprint density at radius 3 is 2.58 bits per heavy atom. The average Bonchev–Trinajstić information content (AvgIpc) is 4.01. The zero-order valence-electron chi connectivity index (χ0n) is 34.6. The van der Waals surface area contributed by atoms with Gasteiger partial charge in [-0.15, -0.1) is 5.10 Å². The molecule has 0 atom stereocenters. The minimum atomic E-state index is -4.28. The summed E-state index contributed by atoms with van der Waals surface area (Å²) in [5, 5.41) is 21.4. The predicted octanol–water partition coefficient (Wildman–Crippen LogP) is 5.12. The van der Waals surface area contributed by atoms with E-state index in [-0.39, 0.29) is 57.9 Å². The number of aromatic nitrogens is 9. The van der Waals surface area contributed by atoms with Gasteiger partial charge < -0.3 is 10.1 Å². The Morgan fingerprint density at radius 1 is 1.02 bits per heavy atom. The number of imide groups is 1. The first kappa shape index (κ1) is 36.3. The van der Waals surface area contributed by atoms with Crippen LogP contribution < -0.4 is 20.3 Å². The molecule has 2 aliphatic heterocycles. The molecular weight excluding hydrogens is 794 g/mol. The van der Waals surface area contributed by atoms with Gasteiger partial charge in [0.1, 0.15) is 17.8 Å². The molecule has 9 rings (SSSR count). The van der Waals surface area contributed by atoms with Crippen molar-refractivity contribution in [2.45, 2.75) is 61.4 Å². The Hall–Kier alpha value is -6.80. The zero-order chi connectivity index (χ0) is 43.5. The zero-order valence-corrected chi connectivity index (χ0v) is 33.4. The molecule has 2 saturated heterocycles. The first-order chi connectivity index (χ1) is 29.7. The van der Waals surface area contributed by atoms with Gasteiger partial charge in [-0.3, -0.25) is 25.0 Å². The summed E-state index contributed by atoms with van der Waals surface area (Å²) in [7, 11) is -2.54. The van der Waals surface area contributed by atoms with Crippen LogP contribution in [-0.4, -0.2) is 95.5 Å². The fourth-order valence-corrected chi connectivity index (χ4v) is 8.68. The van der Waals surface area contributed by atoms with Crippen LogP contribution in [0.3, 0.4) is 0 Å². The molecule has 0 aliphatic carbocycles. The summed E-state index contributed by atoms with van der Waals surface area (Å²) >= 11 is 0. The molecule has 0 saturated carbocycles. The van der Waals surface area contributed by atoms with Crippen molar-refractivity contribution < 1.29 is 29.9 Å². The summed E-state index contributed by atoms with van der Waals surface area (Å²) in [4.78, 5) is 40.6. The molecule has 2 aliphatic rings. The number of carbonyl (C=O) groups excluding carboxylic acids is 2. The third kappa shape index (κ3) is 7.38. The van der Waals surface area contributed by atoms with Crippen molar-refractivity contribution in [3.05, 3.63) is 90.4 Å². The molecule has 5 aromatic heterocycles. The van der Waals surface area contributed by atoms with E-state index in [9.17, 15) is 18.0 Å². The molecule has 0 spiro atoms. The van der Waals surface area contributed by atoms with Gasteiger partial charge in [-0.1, -0.05) is 12.1 Å².